The highest BCUT2D eigenvalue weighted by Crippen LogP contribution is 2.26. The summed E-state index contributed by atoms with van der Waals surface area (Å²) >= 11 is 5.64. The van der Waals surface area contributed by atoms with Crippen LogP contribution in [-0.4, -0.2) is 34.2 Å². The van der Waals surface area contributed by atoms with Crippen molar-refractivity contribution >= 4 is 37.3 Å². The summed E-state index contributed by atoms with van der Waals surface area (Å²) in [4.78, 5) is -0.0905. The van der Waals surface area contributed by atoms with Gasteiger partial charge < -0.3 is 0 Å². The molecule has 28 heavy (non-hydrogen) atoms. The summed E-state index contributed by atoms with van der Waals surface area (Å²) in [6.45, 7) is 2.97. The molecule has 1 saturated heterocycles. The van der Waals surface area contributed by atoms with Crippen LogP contribution in [0.4, 0.5) is 10.1 Å². The summed E-state index contributed by atoms with van der Waals surface area (Å²) in [5.41, 5.74) is 0.186. The number of nitrogens with zero attached hydrogens (tertiary/aromatic N) is 1. The average molecular weight is 447 g/mol. The molecule has 152 valence electrons. The largest absolute Gasteiger partial charge is 0.280 e. The highest BCUT2D eigenvalue weighted by atomic mass is 35.5. The van der Waals surface area contributed by atoms with E-state index < -0.39 is 25.9 Å². The molecule has 0 amide bonds. The van der Waals surface area contributed by atoms with Gasteiger partial charge in [-0.2, -0.15) is 4.31 Å². The van der Waals surface area contributed by atoms with E-state index in [1.165, 1.54) is 28.6 Å². The lowest BCUT2D eigenvalue weighted by Crippen LogP contribution is -2.39. The van der Waals surface area contributed by atoms with E-state index in [-0.39, 0.29) is 20.5 Å². The Morgan fingerprint density at radius 3 is 2.32 bits per heavy atom. The van der Waals surface area contributed by atoms with Crippen LogP contribution in [0.3, 0.4) is 0 Å². The lowest BCUT2D eigenvalue weighted by Gasteiger charge is -2.30. The van der Waals surface area contributed by atoms with Crippen molar-refractivity contribution in [2.45, 2.75) is 29.6 Å². The molecule has 0 aliphatic carbocycles. The Hall–Kier alpha value is -1.68. The van der Waals surface area contributed by atoms with Gasteiger partial charge in [0.25, 0.3) is 10.0 Å². The number of anilines is 1. The quantitative estimate of drug-likeness (QED) is 0.759. The highest BCUT2D eigenvalue weighted by molar-refractivity contribution is 7.92. The van der Waals surface area contributed by atoms with E-state index in [2.05, 4.69) is 4.72 Å². The number of hydrogen-bond acceptors (Lipinski definition) is 4. The van der Waals surface area contributed by atoms with Gasteiger partial charge >= 0.3 is 0 Å². The molecular weight excluding hydrogens is 427 g/mol. The zero-order valence-electron chi connectivity index (χ0n) is 15.1. The maximum Gasteiger partial charge on any atom is 0.261 e. The van der Waals surface area contributed by atoms with E-state index in [0.717, 1.165) is 31.0 Å². The fourth-order valence-corrected chi connectivity index (χ4v) is 5.99. The average Bonchev–Trinajstić information content (AvgIpc) is 2.64. The van der Waals surface area contributed by atoms with Crippen LogP contribution in [0, 0.1) is 11.7 Å². The molecule has 1 N–H and O–H groups in total. The molecule has 6 nitrogen and oxygen atoms in total. The molecule has 3 rings (SSSR count). The van der Waals surface area contributed by atoms with Gasteiger partial charge in [-0.1, -0.05) is 18.5 Å². The van der Waals surface area contributed by atoms with Crippen LogP contribution in [0.1, 0.15) is 19.8 Å². The Morgan fingerprint density at radius 1 is 1.07 bits per heavy atom. The minimum Gasteiger partial charge on any atom is -0.280 e. The molecule has 0 aromatic heterocycles. The van der Waals surface area contributed by atoms with Crippen molar-refractivity contribution in [2.24, 2.45) is 5.92 Å². The lowest BCUT2D eigenvalue weighted by atomic mass is 10.0. The number of piperidine rings is 1. The fourth-order valence-electron chi connectivity index (χ4n) is 3.07. The molecular formula is C18H20ClFN2O4S2. The lowest BCUT2D eigenvalue weighted by molar-refractivity contribution is 0.281. The van der Waals surface area contributed by atoms with E-state index in [4.69, 9.17) is 11.6 Å². The van der Waals surface area contributed by atoms with Crippen LogP contribution in [0.15, 0.2) is 52.3 Å². The van der Waals surface area contributed by atoms with E-state index in [9.17, 15) is 21.2 Å². The Kier molecular flexibility index (Phi) is 6.00. The van der Waals surface area contributed by atoms with Crippen molar-refractivity contribution < 1.29 is 21.2 Å². The summed E-state index contributed by atoms with van der Waals surface area (Å²) in [7, 11) is -7.61. The van der Waals surface area contributed by atoms with Gasteiger partial charge in [0, 0.05) is 18.8 Å². The molecule has 1 aliphatic heterocycles. The van der Waals surface area contributed by atoms with Crippen molar-refractivity contribution in [3.63, 3.8) is 0 Å². The maximum atomic E-state index is 13.2. The first kappa shape index (κ1) is 21.0. The van der Waals surface area contributed by atoms with Gasteiger partial charge in [-0.3, -0.25) is 4.72 Å². The Bertz CT molecular complexity index is 1070. The Balaban J connectivity index is 1.79. The predicted molar refractivity (Wildman–Crippen MR) is 106 cm³/mol. The fraction of sp³-hybridized carbons (Fsp3) is 0.333. The van der Waals surface area contributed by atoms with E-state index in [1.54, 1.807) is 0 Å². The van der Waals surface area contributed by atoms with Crippen LogP contribution >= 0.6 is 11.6 Å². The molecule has 0 spiro atoms. The summed E-state index contributed by atoms with van der Waals surface area (Å²) in [5.74, 6) is -0.417. The standard InChI is InChI=1S/C18H20ClFN2O4S2/c1-13-3-2-10-22(12-13)28(25,26)15-6-4-14(5-7-15)21-27(23,24)16-8-9-18(20)17(19)11-16/h4-9,11,13,21H,2-3,10,12H2,1H3. The van der Waals surface area contributed by atoms with Gasteiger partial charge in [0.1, 0.15) is 5.82 Å². The smallest absolute Gasteiger partial charge is 0.261 e. The topological polar surface area (TPSA) is 83.6 Å². The van der Waals surface area contributed by atoms with Crippen molar-refractivity contribution in [1.82, 2.24) is 4.31 Å². The molecule has 0 radical (unpaired) electrons. The van der Waals surface area contributed by atoms with Gasteiger partial charge in [0.2, 0.25) is 10.0 Å². The molecule has 2 aromatic carbocycles. The Morgan fingerprint density at radius 2 is 1.71 bits per heavy atom. The maximum absolute atomic E-state index is 13.2. The number of nitrogens with one attached hydrogen (secondary N) is 1. The normalized spacial score (nSPS) is 18.8. The first-order valence-electron chi connectivity index (χ1n) is 8.68. The zero-order chi connectivity index (χ0) is 20.5. The third kappa shape index (κ3) is 4.48. The van der Waals surface area contributed by atoms with Gasteiger partial charge in [-0.05, 0) is 61.2 Å². The van der Waals surface area contributed by atoms with E-state index >= 15 is 0 Å². The van der Waals surface area contributed by atoms with Crippen LogP contribution < -0.4 is 4.72 Å². The van der Waals surface area contributed by atoms with E-state index in [0.29, 0.717) is 19.0 Å². The Labute approximate surface area is 169 Å². The van der Waals surface area contributed by atoms with Crippen molar-refractivity contribution in [3.8, 4) is 0 Å². The summed E-state index contributed by atoms with van der Waals surface area (Å²) in [6, 6.07) is 8.56. The van der Waals surface area contributed by atoms with Crippen LogP contribution in [0.5, 0.6) is 0 Å². The summed E-state index contributed by atoms with van der Waals surface area (Å²) in [5, 5.41) is -0.305. The van der Waals surface area contributed by atoms with Crippen LogP contribution in [0.25, 0.3) is 0 Å². The van der Waals surface area contributed by atoms with Crippen LogP contribution in [-0.2, 0) is 20.0 Å². The summed E-state index contributed by atoms with van der Waals surface area (Å²) in [6.07, 6.45) is 1.82. The second-order valence-corrected chi connectivity index (χ2v) is 10.8. The minimum atomic E-state index is -3.99. The van der Waals surface area contributed by atoms with E-state index in [1.807, 2.05) is 6.92 Å². The monoisotopic (exact) mass is 446 g/mol. The first-order valence-corrected chi connectivity index (χ1v) is 12.0. The molecule has 1 heterocycles. The van der Waals surface area contributed by atoms with Gasteiger partial charge in [0.05, 0.1) is 14.8 Å². The second-order valence-electron chi connectivity index (χ2n) is 6.82. The second kappa shape index (κ2) is 7.98. The first-order chi connectivity index (χ1) is 13.1. The van der Waals surface area contributed by atoms with Gasteiger partial charge in [-0.25, -0.2) is 21.2 Å². The van der Waals surface area contributed by atoms with Crippen molar-refractivity contribution in [2.75, 3.05) is 17.8 Å². The number of sulfonamides is 2. The number of hydrogen-bond donors (Lipinski definition) is 1. The van der Waals surface area contributed by atoms with Crippen molar-refractivity contribution in [1.29, 1.82) is 0 Å². The molecule has 1 unspecified atom stereocenters. The molecule has 2 aromatic rings. The molecule has 0 bridgehead atoms. The SMILES string of the molecule is CC1CCCN(S(=O)(=O)c2ccc(NS(=O)(=O)c3ccc(F)c(Cl)c3)cc2)C1. The number of benzene rings is 2. The van der Waals surface area contributed by atoms with Gasteiger partial charge in [-0.15, -0.1) is 0 Å². The summed E-state index contributed by atoms with van der Waals surface area (Å²) < 4.78 is 67.4. The number of halogens is 2. The van der Waals surface area contributed by atoms with Crippen molar-refractivity contribution in [3.05, 3.63) is 53.3 Å². The molecule has 1 fully saturated rings. The van der Waals surface area contributed by atoms with Crippen LogP contribution in [0.2, 0.25) is 5.02 Å². The number of rotatable bonds is 5. The molecule has 1 aliphatic rings. The predicted octanol–water partition coefficient (Wildman–Crippen LogP) is 3.70. The highest BCUT2D eigenvalue weighted by Gasteiger charge is 2.28. The van der Waals surface area contributed by atoms with Gasteiger partial charge in [0.15, 0.2) is 0 Å². The third-order valence-corrected chi connectivity index (χ3v) is 8.11. The molecule has 1 atom stereocenters. The zero-order valence-corrected chi connectivity index (χ0v) is 17.5. The molecule has 0 saturated carbocycles. The third-order valence-electron chi connectivity index (χ3n) is 4.57. The minimum absolute atomic E-state index is 0.106. The molecule has 10 heteroatoms.